The van der Waals surface area contributed by atoms with Gasteiger partial charge in [0.25, 0.3) is 0 Å². The van der Waals surface area contributed by atoms with Gasteiger partial charge in [0.1, 0.15) is 0 Å². The van der Waals surface area contributed by atoms with E-state index in [0.717, 1.165) is 25.6 Å². The summed E-state index contributed by atoms with van der Waals surface area (Å²) in [6, 6.07) is 6.70. The van der Waals surface area contributed by atoms with Gasteiger partial charge in [0.2, 0.25) is 5.91 Å². The van der Waals surface area contributed by atoms with Crippen molar-refractivity contribution >= 4 is 21.4 Å². The van der Waals surface area contributed by atoms with Gasteiger partial charge in [-0.25, -0.2) is 8.42 Å². The van der Waals surface area contributed by atoms with Crippen molar-refractivity contribution in [3.63, 3.8) is 0 Å². The molecule has 0 aliphatic carbocycles. The molecule has 1 amide bonds. The summed E-state index contributed by atoms with van der Waals surface area (Å²) in [4.78, 5) is 12.4. The highest BCUT2D eigenvalue weighted by atomic mass is 32.2. The van der Waals surface area contributed by atoms with Crippen molar-refractivity contribution in [3.8, 4) is 0 Å². The lowest BCUT2D eigenvalue weighted by molar-refractivity contribution is -0.120. The molecule has 2 atom stereocenters. The fourth-order valence-corrected chi connectivity index (χ4v) is 3.09. The SMILES string of the molecule is C[C@H]1C[C@@H](C(=O)Nc2cccc(S(C)(=O)=O)c2)CCN1. The topological polar surface area (TPSA) is 75.3 Å². The van der Waals surface area contributed by atoms with Crippen LogP contribution in [0.15, 0.2) is 29.2 Å². The monoisotopic (exact) mass is 296 g/mol. The number of rotatable bonds is 3. The highest BCUT2D eigenvalue weighted by Gasteiger charge is 2.24. The summed E-state index contributed by atoms with van der Waals surface area (Å²) in [5.74, 6) is -0.0582. The van der Waals surface area contributed by atoms with Crippen LogP contribution in [0.3, 0.4) is 0 Å². The summed E-state index contributed by atoms with van der Waals surface area (Å²) in [7, 11) is -3.26. The zero-order valence-electron chi connectivity index (χ0n) is 11.7. The minimum absolute atomic E-state index is 0.0202. The highest BCUT2D eigenvalue weighted by Crippen LogP contribution is 2.20. The molecule has 5 nitrogen and oxygen atoms in total. The van der Waals surface area contributed by atoms with E-state index >= 15 is 0 Å². The first-order chi connectivity index (χ1) is 9.36. The van der Waals surface area contributed by atoms with Crippen LogP contribution in [0.25, 0.3) is 0 Å². The van der Waals surface area contributed by atoms with E-state index in [9.17, 15) is 13.2 Å². The number of anilines is 1. The maximum atomic E-state index is 12.2. The molecule has 0 unspecified atom stereocenters. The molecule has 1 aliphatic heterocycles. The minimum atomic E-state index is -3.26. The summed E-state index contributed by atoms with van der Waals surface area (Å²) >= 11 is 0. The Morgan fingerprint density at radius 2 is 2.15 bits per heavy atom. The van der Waals surface area contributed by atoms with Crippen LogP contribution < -0.4 is 10.6 Å². The predicted octanol–water partition coefficient (Wildman–Crippen LogP) is 1.42. The molecule has 1 aliphatic rings. The lowest BCUT2D eigenvalue weighted by Gasteiger charge is -2.27. The van der Waals surface area contributed by atoms with E-state index in [-0.39, 0.29) is 16.7 Å². The van der Waals surface area contributed by atoms with Crippen molar-refractivity contribution in [2.45, 2.75) is 30.7 Å². The van der Waals surface area contributed by atoms with Crippen molar-refractivity contribution in [2.75, 3.05) is 18.1 Å². The third-order valence-electron chi connectivity index (χ3n) is 3.52. The van der Waals surface area contributed by atoms with E-state index in [0.29, 0.717) is 11.7 Å². The third kappa shape index (κ3) is 3.80. The maximum absolute atomic E-state index is 12.2. The van der Waals surface area contributed by atoms with Crippen LogP contribution in [0.4, 0.5) is 5.69 Å². The molecule has 1 saturated heterocycles. The first-order valence-corrected chi connectivity index (χ1v) is 8.60. The zero-order chi connectivity index (χ0) is 14.8. The van der Waals surface area contributed by atoms with Crippen LogP contribution in [0.5, 0.6) is 0 Å². The summed E-state index contributed by atoms with van der Waals surface area (Å²) in [6.45, 7) is 2.90. The van der Waals surface area contributed by atoms with Crippen LogP contribution in [-0.2, 0) is 14.6 Å². The Hall–Kier alpha value is -1.40. The molecule has 1 aromatic carbocycles. The quantitative estimate of drug-likeness (QED) is 0.884. The summed E-state index contributed by atoms with van der Waals surface area (Å²) in [5.41, 5.74) is 0.532. The average molecular weight is 296 g/mol. The van der Waals surface area contributed by atoms with Crippen molar-refractivity contribution in [3.05, 3.63) is 24.3 Å². The molecule has 1 aromatic rings. The Balaban J connectivity index is 2.08. The first-order valence-electron chi connectivity index (χ1n) is 6.70. The van der Waals surface area contributed by atoms with E-state index in [2.05, 4.69) is 17.6 Å². The molecule has 0 spiro atoms. The van der Waals surface area contributed by atoms with Crippen LogP contribution in [-0.4, -0.2) is 33.2 Å². The van der Waals surface area contributed by atoms with Crippen LogP contribution in [0.1, 0.15) is 19.8 Å². The summed E-state index contributed by atoms with van der Waals surface area (Å²) in [6.07, 6.45) is 2.77. The van der Waals surface area contributed by atoms with Crippen molar-refractivity contribution in [2.24, 2.45) is 5.92 Å². The Bertz CT molecular complexity index is 598. The molecule has 0 radical (unpaired) electrons. The van der Waals surface area contributed by atoms with Crippen LogP contribution in [0, 0.1) is 5.92 Å². The standard InChI is InChI=1S/C14H20N2O3S/c1-10-8-11(6-7-15-10)14(17)16-12-4-3-5-13(9-12)20(2,18)19/h3-5,9-11,15H,6-8H2,1-2H3,(H,16,17)/t10-,11-/m0/s1. The second-order valence-electron chi connectivity index (χ2n) is 5.37. The van der Waals surface area contributed by atoms with Gasteiger partial charge in [-0.3, -0.25) is 4.79 Å². The van der Waals surface area contributed by atoms with E-state index in [1.807, 2.05) is 0 Å². The van der Waals surface area contributed by atoms with E-state index in [4.69, 9.17) is 0 Å². The number of nitrogens with one attached hydrogen (secondary N) is 2. The van der Waals surface area contributed by atoms with Gasteiger partial charge in [-0.2, -0.15) is 0 Å². The second-order valence-corrected chi connectivity index (χ2v) is 7.38. The van der Waals surface area contributed by atoms with Gasteiger partial charge in [0.05, 0.1) is 4.90 Å². The van der Waals surface area contributed by atoms with Gasteiger partial charge in [0, 0.05) is 23.9 Å². The van der Waals surface area contributed by atoms with Gasteiger partial charge in [-0.15, -0.1) is 0 Å². The number of sulfone groups is 1. The molecular weight excluding hydrogens is 276 g/mol. The van der Waals surface area contributed by atoms with Crippen LogP contribution >= 0.6 is 0 Å². The van der Waals surface area contributed by atoms with Crippen molar-refractivity contribution in [1.29, 1.82) is 0 Å². The number of benzene rings is 1. The maximum Gasteiger partial charge on any atom is 0.227 e. The van der Waals surface area contributed by atoms with Gasteiger partial charge in [-0.05, 0) is 44.5 Å². The Morgan fingerprint density at radius 1 is 1.40 bits per heavy atom. The zero-order valence-corrected chi connectivity index (χ0v) is 12.5. The van der Waals surface area contributed by atoms with Crippen molar-refractivity contribution in [1.82, 2.24) is 5.32 Å². The Morgan fingerprint density at radius 3 is 2.80 bits per heavy atom. The molecule has 20 heavy (non-hydrogen) atoms. The average Bonchev–Trinajstić information content (AvgIpc) is 2.38. The molecule has 0 aromatic heterocycles. The first kappa shape index (κ1) is 15.0. The lowest BCUT2D eigenvalue weighted by atomic mass is 9.92. The number of carbonyl (C=O) groups is 1. The van der Waals surface area contributed by atoms with Crippen LogP contribution in [0.2, 0.25) is 0 Å². The lowest BCUT2D eigenvalue weighted by Crippen LogP contribution is -2.40. The molecule has 2 rings (SSSR count). The van der Waals surface area contributed by atoms with E-state index in [1.54, 1.807) is 12.1 Å². The molecule has 0 saturated carbocycles. The summed E-state index contributed by atoms with van der Waals surface area (Å²) in [5, 5.41) is 6.11. The smallest absolute Gasteiger partial charge is 0.227 e. The number of hydrogen-bond donors (Lipinski definition) is 2. The van der Waals surface area contributed by atoms with E-state index in [1.165, 1.54) is 12.1 Å². The van der Waals surface area contributed by atoms with Gasteiger partial charge in [0.15, 0.2) is 9.84 Å². The molecule has 0 bridgehead atoms. The van der Waals surface area contributed by atoms with Crippen molar-refractivity contribution < 1.29 is 13.2 Å². The Kier molecular flexibility index (Phi) is 4.45. The number of hydrogen-bond acceptors (Lipinski definition) is 4. The second kappa shape index (κ2) is 5.93. The normalized spacial score (nSPS) is 23.3. The fraction of sp³-hybridized carbons (Fsp3) is 0.500. The van der Waals surface area contributed by atoms with Gasteiger partial charge >= 0.3 is 0 Å². The van der Waals surface area contributed by atoms with Gasteiger partial charge in [-0.1, -0.05) is 6.07 Å². The highest BCUT2D eigenvalue weighted by molar-refractivity contribution is 7.90. The third-order valence-corrected chi connectivity index (χ3v) is 4.63. The molecular formula is C14H20N2O3S. The number of piperidine rings is 1. The molecule has 1 heterocycles. The Labute approximate surface area is 119 Å². The number of carbonyl (C=O) groups excluding carboxylic acids is 1. The molecule has 110 valence electrons. The minimum Gasteiger partial charge on any atom is -0.326 e. The predicted molar refractivity (Wildman–Crippen MR) is 78.4 cm³/mol. The molecule has 6 heteroatoms. The fourth-order valence-electron chi connectivity index (χ4n) is 2.42. The largest absolute Gasteiger partial charge is 0.326 e. The molecule has 1 fully saturated rings. The number of amides is 1. The van der Waals surface area contributed by atoms with E-state index < -0.39 is 9.84 Å². The van der Waals surface area contributed by atoms with Gasteiger partial charge < -0.3 is 10.6 Å². The summed E-state index contributed by atoms with van der Waals surface area (Å²) < 4.78 is 23.0. The molecule has 2 N–H and O–H groups in total.